The average molecular weight is 402 g/mol. The first-order valence-electron chi connectivity index (χ1n) is 9.20. The normalized spacial score (nSPS) is 10.5. The number of aromatic nitrogens is 4. The molecule has 0 saturated heterocycles. The van der Waals surface area contributed by atoms with Crippen LogP contribution in [0.5, 0.6) is 5.75 Å². The number of methoxy groups -OCH3 is 1. The van der Waals surface area contributed by atoms with Gasteiger partial charge in [-0.15, -0.1) is 0 Å². The second kappa shape index (κ2) is 8.52. The monoisotopic (exact) mass is 402 g/mol. The lowest BCUT2D eigenvalue weighted by molar-refractivity contribution is 0.418. The third-order valence-electron chi connectivity index (χ3n) is 4.29. The van der Waals surface area contributed by atoms with Gasteiger partial charge in [0.05, 0.1) is 30.8 Å². The molecule has 3 heterocycles. The fourth-order valence-corrected chi connectivity index (χ4v) is 2.89. The molecule has 8 heteroatoms. The van der Waals surface area contributed by atoms with E-state index in [0.29, 0.717) is 34.5 Å². The predicted octanol–water partition coefficient (Wildman–Crippen LogP) is 4.88. The summed E-state index contributed by atoms with van der Waals surface area (Å²) in [6.07, 6.45) is 5.74. The second-order valence-electron chi connectivity index (χ2n) is 6.51. The summed E-state index contributed by atoms with van der Waals surface area (Å²) in [5, 5.41) is 6.50. The Labute approximate surface area is 173 Å². The van der Waals surface area contributed by atoms with E-state index in [-0.39, 0.29) is 0 Å². The summed E-state index contributed by atoms with van der Waals surface area (Å²) in [7, 11) is 1.57. The summed E-state index contributed by atoms with van der Waals surface area (Å²) in [5.74, 6) is 1.79. The number of hydrogen-bond donors (Lipinski definition) is 2. The van der Waals surface area contributed by atoms with Crippen LogP contribution in [0.2, 0.25) is 0 Å². The van der Waals surface area contributed by atoms with Gasteiger partial charge in [0.25, 0.3) is 0 Å². The highest BCUT2D eigenvalue weighted by molar-refractivity contribution is 5.78. The van der Waals surface area contributed by atoms with Gasteiger partial charge in [0.15, 0.2) is 17.4 Å². The van der Waals surface area contributed by atoms with Crippen molar-refractivity contribution in [3.63, 3.8) is 0 Å². The van der Waals surface area contributed by atoms with Gasteiger partial charge in [0.2, 0.25) is 0 Å². The number of halogens is 1. The minimum atomic E-state index is -0.494. The van der Waals surface area contributed by atoms with Crippen LogP contribution in [0.3, 0.4) is 0 Å². The smallest absolute Gasteiger partial charge is 0.163 e. The Morgan fingerprint density at radius 2 is 1.70 bits per heavy atom. The van der Waals surface area contributed by atoms with Crippen molar-refractivity contribution < 1.29 is 9.13 Å². The number of nitrogens with zero attached hydrogens (tertiary/aromatic N) is 4. The molecular weight excluding hydrogens is 383 g/mol. The zero-order valence-corrected chi connectivity index (χ0v) is 16.4. The van der Waals surface area contributed by atoms with E-state index in [2.05, 4.69) is 30.6 Å². The third kappa shape index (κ3) is 4.33. The molecule has 0 fully saturated rings. The molecule has 0 amide bonds. The molecule has 0 radical (unpaired) electrons. The van der Waals surface area contributed by atoms with E-state index in [1.165, 1.54) is 0 Å². The molecule has 3 aromatic heterocycles. The van der Waals surface area contributed by atoms with Gasteiger partial charge in [-0.2, -0.15) is 0 Å². The summed E-state index contributed by atoms with van der Waals surface area (Å²) in [6.45, 7) is 1.98. The SMILES string of the molecule is COc1c(Nc2ccnc(Nc3ccc(C)cn3)c2)cccc1-c1ncc(F)cn1. The molecule has 150 valence electrons. The molecule has 0 spiro atoms. The quantitative estimate of drug-likeness (QED) is 0.476. The topological polar surface area (TPSA) is 84.9 Å². The van der Waals surface area contributed by atoms with Gasteiger partial charge in [0.1, 0.15) is 11.6 Å². The van der Waals surface area contributed by atoms with Gasteiger partial charge in [-0.3, -0.25) is 0 Å². The Balaban J connectivity index is 1.60. The molecule has 0 unspecified atom stereocenters. The lowest BCUT2D eigenvalue weighted by atomic mass is 10.1. The van der Waals surface area contributed by atoms with Gasteiger partial charge in [-0.1, -0.05) is 12.1 Å². The van der Waals surface area contributed by atoms with Crippen LogP contribution in [-0.4, -0.2) is 27.0 Å². The van der Waals surface area contributed by atoms with E-state index in [1.54, 1.807) is 19.5 Å². The van der Waals surface area contributed by atoms with Gasteiger partial charge >= 0.3 is 0 Å². The molecule has 30 heavy (non-hydrogen) atoms. The fraction of sp³-hybridized carbons (Fsp3) is 0.0909. The fourth-order valence-electron chi connectivity index (χ4n) is 2.89. The van der Waals surface area contributed by atoms with Crippen molar-refractivity contribution in [2.45, 2.75) is 6.92 Å². The van der Waals surface area contributed by atoms with Gasteiger partial charge in [0, 0.05) is 24.1 Å². The Morgan fingerprint density at radius 1 is 0.867 bits per heavy atom. The molecule has 0 atom stereocenters. The number of pyridine rings is 2. The highest BCUT2D eigenvalue weighted by Crippen LogP contribution is 2.36. The number of para-hydroxylation sites is 1. The van der Waals surface area contributed by atoms with E-state index < -0.39 is 5.82 Å². The number of ether oxygens (including phenoxy) is 1. The van der Waals surface area contributed by atoms with Crippen LogP contribution >= 0.6 is 0 Å². The molecule has 4 aromatic rings. The van der Waals surface area contributed by atoms with Crippen LogP contribution in [0.25, 0.3) is 11.4 Å². The number of benzene rings is 1. The second-order valence-corrected chi connectivity index (χ2v) is 6.51. The molecule has 2 N–H and O–H groups in total. The molecule has 1 aromatic carbocycles. The molecule has 0 bridgehead atoms. The average Bonchev–Trinajstić information content (AvgIpc) is 2.76. The molecule has 0 saturated carbocycles. The largest absolute Gasteiger partial charge is 0.494 e. The van der Waals surface area contributed by atoms with Crippen molar-refractivity contribution in [2.75, 3.05) is 17.7 Å². The van der Waals surface area contributed by atoms with Crippen LogP contribution in [0.15, 0.2) is 67.3 Å². The molecule has 0 aliphatic carbocycles. The maximum atomic E-state index is 13.2. The van der Waals surface area contributed by atoms with Crippen LogP contribution in [0.1, 0.15) is 5.56 Å². The number of hydrogen-bond acceptors (Lipinski definition) is 7. The summed E-state index contributed by atoms with van der Waals surface area (Å²) in [6, 6.07) is 13.1. The lowest BCUT2D eigenvalue weighted by Gasteiger charge is -2.15. The third-order valence-corrected chi connectivity index (χ3v) is 4.29. The Hall–Kier alpha value is -4.07. The first kappa shape index (κ1) is 19.3. The maximum Gasteiger partial charge on any atom is 0.163 e. The maximum absolute atomic E-state index is 13.2. The van der Waals surface area contributed by atoms with Gasteiger partial charge in [-0.05, 0) is 36.8 Å². The van der Waals surface area contributed by atoms with Crippen LogP contribution < -0.4 is 15.4 Å². The predicted molar refractivity (Wildman–Crippen MR) is 114 cm³/mol. The summed E-state index contributed by atoms with van der Waals surface area (Å²) in [5.41, 5.74) is 3.25. The Kier molecular flexibility index (Phi) is 5.47. The standard InChI is InChI=1S/C22H19FN6O/c1-14-6-7-19(25-11-14)29-20-10-16(8-9-24-20)28-18-5-3-4-17(21(18)30-2)22-26-12-15(23)13-27-22/h3-13H,1-2H3,(H2,24,25,28,29). The molecule has 0 aliphatic rings. The van der Waals surface area contributed by atoms with Crippen molar-refractivity contribution in [3.05, 3.63) is 78.6 Å². The van der Waals surface area contributed by atoms with E-state index in [0.717, 1.165) is 23.6 Å². The van der Waals surface area contributed by atoms with E-state index in [9.17, 15) is 4.39 Å². The Morgan fingerprint density at radius 3 is 2.43 bits per heavy atom. The minimum absolute atomic E-state index is 0.374. The minimum Gasteiger partial charge on any atom is -0.494 e. The zero-order chi connectivity index (χ0) is 20.9. The van der Waals surface area contributed by atoms with E-state index in [1.807, 2.05) is 49.4 Å². The van der Waals surface area contributed by atoms with E-state index in [4.69, 9.17) is 4.74 Å². The zero-order valence-electron chi connectivity index (χ0n) is 16.4. The van der Waals surface area contributed by atoms with Crippen molar-refractivity contribution in [1.29, 1.82) is 0 Å². The summed E-state index contributed by atoms with van der Waals surface area (Å²) >= 11 is 0. The molecule has 4 rings (SSSR count). The van der Waals surface area contributed by atoms with E-state index >= 15 is 0 Å². The van der Waals surface area contributed by atoms with Crippen LogP contribution in [0, 0.1) is 12.7 Å². The Bertz CT molecular complexity index is 1150. The number of aryl methyl sites for hydroxylation is 1. The number of rotatable bonds is 6. The number of anilines is 4. The summed E-state index contributed by atoms with van der Waals surface area (Å²) in [4.78, 5) is 16.8. The van der Waals surface area contributed by atoms with Crippen molar-refractivity contribution >= 4 is 23.0 Å². The van der Waals surface area contributed by atoms with Gasteiger partial charge in [-0.25, -0.2) is 24.3 Å². The van der Waals surface area contributed by atoms with Crippen molar-refractivity contribution in [3.8, 4) is 17.1 Å². The van der Waals surface area contributed by atoms with Crippen LogP contribution in [-0.2, 0) is 0 Å². The molecule has 7 nitrogen and oxygen atoms in total. The van der Waals surface area contributed by atoms with Crippen LogP contribution in [0.4, 0.5) is 27.4 Å². The number of nitrogens with one attached hydrogen (secondary N) is 2. The highest BCUT2D eigenvalue weighted by Gasteiger charge is 2.14. The molecular formula is C22H19FN6O. The van der Waals surface area contributed by atoms with Gasteiger partial charge < -0.3 is 15.4 Å². The van der Waals surface area contributed by atoms with Crippen molar-refractivity contribution in [1.82, 2.24) is 19.9 Å². The summed E-state index contributed by atoms with van der Waals surface area (Å²) < 4.78 is 18.8. The first-order chi connectivity index (χ1) is 14.6. The lowest BCUT2D eigenvalue weighted by Crippen LogP contribution is -2.00. The highest BCUT2D eigenvalue weighted by atomic mass is 19.1. The van der Waals surface area contributed by atoms with Crippen molar-refractivity contribution in [2.24, 2.45) is 0 Å². The molecule has 0 aliphatic heterocycles. The first-order valence-corrected chi connectivity index (χ1v) is 9.20.